The highest BCUT2D eigenvalue weighted by Gasteiger charge is 2.20. The average Bonchev–Trinajstić information content (AvgIpc) is 3.59. The molecule has 0 radical (unpaired) electrons. The Balaban J connectivity index is 1.32. The first-order valence-corrected chi connectivity index (χ1v) is 11.2. The van der Waals surface area contributed by atoms with Crippen LogP contribution >= 0.6 is 11.3 Å². The lowest BCUT2D eigenvalue weighted by atomic mass is 10.2. The molecule has 0 amide bonds. The lowest BCUT2D eigenvalue weighted by molar-refractivity contribution is 0.0435. The highest BCUT2D eigenvalue weighted by atomic mass is 32.1. The second-order valence-corrected chi connectivity index (χ2v) is 8.35. The van der Waals surface area contributed by atoms with Crippen LogP contribution in [0.25, 0.3) is 27.3 Å². The van der Waals surface area contributed by atoms with Gasteiger partial charge in [-0.3, -0.25) is 0 Å². The van der Waals surface area contributed by atoms with E-state index in [1.807, 2.05) is 41.9 Å². The van der Waals surface area contributed by atoms with E-state index in [4.69, 9.17) is 18.7 Å². The van der Waals surface area contributed by atoms with E-state index in [0.717, 1.165) is 21.6 Å². The smallest absolute Gasteiger partial charge is 0.348 e. The van der Waals surface area contributed by atoms with Crippen LogP contribution in [-0.4, -0.2) is 40.1 Å². The van der Waals surface area contributed by atoms with E-state index in [2.05, 4.69) is 15.2 Å². The second kappa shape index (κ2) is 8.99. The van der Waals surface area contributed by atoms with Crippen molar-refractivity contribution < 1.29 is 23.5 Å². The number of para-hydroxylation sites is 1. The summed E-state index contributed by atoms with van der Waals surface area (Å²) < 4.78 is 23.1. The van der Waals surface area contributed by atoms with E-state index in [1.165, 1.54) is 11.3 Å². The van der Waals surface area contributed by atoms with E-state index in [-0.39, 0.29) is 12.5 Å². The monoisotopic (exact) mass is 476 g/mol. The van der Waals surface area contributed by atoms with Crippen molar-refractivity contribution in [2.24, 2.45) is 0 Å². The topological polar surface area (TPSA) is 102 Å². The number of nitrogens with zero attached hydrogens (tertiary/aromatic N) is 4. The third kappa shape index (κ3) is 3.99. The largest absolute Gasteiger partial charge is 0.497 e. The summed E-state index contributed by atoms with van der Waals surface area (Å²) >= 11 is 1.32. The summed E-state index contributed by atoms with van der Waals surface area (Å²) in [6.07, 6.45) is 0. The maximum atomic E-state index is 12.7. The number of ether oxygens (including phenoxy) is 3. The van der Waals surface area contributed by atoms with Gasteiger partial charge in [-0.15, -0.1) is 11.3 Å². The molecule has 0 unspecified atom stereocenters. The number of fused-ring (bicyclic) bond motifs is 1. The van der Waals surface area contributed by atoms with Gasteiger partial charge in [0.1, 0.15) is 21.2 Å². The zero-order valence-electron chi connectivity index (χ0n) is 18.6. The Labute approximate surface area is 198 Å². The van der Waals surface area contributed by atoms with E-state index in [0.29, 0.717) is 27.8 Å². The van der Waals surface area contributed by atoms with Crippen LogP contribution in [-0.2, 0) is 11.3 Å². The summed E-state index contributed by atoms with van der Waals surface area (Å²) in [6, 6.07) is 16.8. The van der Waals surface area contributed by atoms with Crippen molar-refractivity contribution in [2.75, 3.05) is 14.2 Å². The van der Waals surface area contributed by atoms with Gasteiger partial charge in [-0.05, 0) is 37.3 Å². The third-order valence-electron chi connectivity index (χ3n) is 5.19. The first-order valence-electron chi connectivity index (χ1n) is 10.3. The van der Waals surface area contributed by atoms with Gasteiger partial charge in [-0.2, -0.15) is 10.1 Å². The maximum absolute atomic E-state index is 12.7. The lowest BCUT2D eigenvalue weighted by Gasteiger charge is -2.07. The number of rotatable bonds is 7. The summed E-state index contributed by atoms with van der Waals surface area (Å²) in [5, 5.41) is 9.48. The van der Waals surface area contributed by atoms with Gasteiger partial charge in [0.25, 0.3) is 5.89 Å². The lowest BCUT2D eigenvalue weighted by Crippen LogP contribution is -2.03. The SMILES string of the molecule is COc1ccc(-c2noc(COC(=O)c3cc4c(C)nn(-c5ccccc5)c4s3)n2)c(OC)c1. The van der Waals surface area contributed by atoms with Gasteiger partial charge in [0.2, 0.25) is 5.82 Å². The van der Waals surface area contributed by atoms with Crippen LogP contribution in [0, 0.1) is 6.92 Å². The van der Waals surface area contributed by atoms with Crippen molar-refractivity contribution >= 4 is 27.5 Å². The third-order valence-corrected chi connectivity index (χ3v) is 6.28. The Morgan fingerprint density at radius 3 is 2.68 bits per heavy atom. The molecule has 10 heteroatoms. The van der Waals surface area contributed by atoms with Crippen LogP contribution in [0.1, 0.15) is 21.3 Å². The molecule has 5 aromatic rings. The Morgan fingerprint density at radius 1 is 1.09 bits per heavy atom. The molecule has 9 nitrogen and oxygen atoms in total. The molecule has 34 heavy (non-hydrogen) atoms. The van der Waals surface area contributed by atoms with E-state index >= 15 is 0 Å². The molecule has 2 aromatic carbocycles. The molecular weight excluding hydrogens is 456 g/mol. The second-order valence-electron chi connectivity index (χ2n) is 7.32. The molecule has 3 heterocycles. The standard InChI is InChI=1S/C24H20N4O5S/c1-14-18-12-20(34-23(18)28(26-14)15-7-5-4-6-8-15)24(29)32-13-21-25-22(27-33-21)17-10-9-16(30-2)11-19(17)31-3/h4-12H,13H2,1-3H3. The summed E-state index contributed by atoms with van der Waals surface area (Å²) in [4.78, 5) is 18.4. The number of methoxy groups -OCH3 is 2. The number of hydrogen-bond acceptors (Lipinski definition) is 9. The predicted octanol–water partition coefficient (Wildman–Crippen LogP) is 4.82. The van der Waals surface area contributed by atoms with Crippen molar-refractivity contribution in [1.29, 1.82) is 0 Å². The van der Waals surface area contributed by atoms with Crippen LogP contribution in [0.2, 0.25) is 0 Å². The predicted molar refractivity (Wildman–Crippen MR) is 126 cm³/mol. The Kier molecular flexibility index (Phi) is 5.72. The molecule has 5 rings (SSSR count). The van der Waals surface area contributed by atoms with Crippen LogP contribution in [0.15, 0.2) is 59.1 Å². The average molecular weight is 477 g/mol. The molecule has 0 fully saturated rings. The minimum atomic E-state index is -0.470. The summed E-state index contributed by atoms with van der Waals surface area (Å²) in [7, 11) is 3.12. The van der Waals surface area contributed by atoms with Gasteiger partial charge in [-0.1, -0.05) is 23.4 Å². The highest BCUT2D eigenvalue weighted by Crippen LogP contribution is 2.32. The molecule has 0 aliphatic rings. The fourth-order valence-corrected chi connectivity index (χ4v) is 4.57. The van der Waals surface area contributed by atoms with Gasteiger partial charge in [0.05, 0.1) is 31.2 Å². The quantitative estimate of drug-likeness (QED) is 0.308. The fraction of sp³-hybridized carbons (Fsp3) is 0.167. The molecule has 0 bridgehead atoms. The fourth-order valence-electron chi connectivity index (χ4n) is 3.50. The maximum Gasteiger partial charge on any atom is 0.348 e. The van der Waals surface area contributed by atoms with Crippen LogP contribution in [0.4, 0.5) is 0 Å². The van der Waals surface area contributed by atoms with Gasteiger partial charge in [0.15, 0.2) is 6.61 Å². The number of aryl methyl sites for hydroxylation is 1. The Morgan fingerprint density at radius 2 is 1.91 bits per heavy atom. The molecule has 0 aliphatic carbocycles. The van der Waals surface area contributed by atoms with Crippen molar-refractivity contribution in [3.63, 3.8) is 0 Å². The van der Waals surface area contributed by atoms with Gasteiger partial charge in [0, 0.05) is 11.5 Å². The van der Waals surface area contributed by atoms with Crippen LogP contribution in [0.3, 0.4) is 0 Å². The van der Waals surface area contributed by atoms with Gasteiger partial charge < -0.3 is 18.7 Å². The Bertz CT molecular complexity index is 1470. The van der Waals surface area contributed by atoms with Crippen molar-refractivity contribution in [2.45, 2.75) is 13.5 Å². The van der Waals surface area contributed by atoms with Crippen LogP contribution < -0.4 is 9.47 Å². The summed E-state index contributed by atoms with van der Waals surface area (Å²) in [5.41, 5.74) is 2.40. The number of aromatic nitrogens is 4. The summed E-state index contributed by atoms with van der Waals surface area (Å²) in [5.74, 6) is 1.21. The number of esters is 1. The molecule has 0 N–H and O–H groups in total. The number of thiophene rings is 1. The first-order chi connectivity index (χ1) is 16.6. The van der Waals surface area contributed by atoms with Crippen molar-refractivity contribution in [3.05, 3.63) is 71.1 Å². The van der Waals surface area contributed by atoms with E-state index in [1.54, 1.807) is 38.5 Å². The van der Waals surface area contributed by atoms with E-state index in [9.17, 15) is 4.79 Å². The molecule has 0 spiro atoms. The van der Waals surface area contributed by atoms with Crippen LogP contribution in [0.5, 0.6) is 11.5 Å². The van der Waals surface area contributed by atoms with E-state index < -0.39 is 5.97 Å². The minimum Gasteiger partial charge on any atom is -0.497 e. The van der Waals surface area contributed by atoms with Crippen molar-refractivity contribution in [1.82, 2.24) is 19.9 Å². The van der Waals surface area contributed by atoms with Crippen molar-refractivity contribution in [3.8, 4) is 28.6 Å². The number of benzene rings is 2. The molecule has 172 valence electrons. The number of hydrogen-bond donors (Lipinski definition) is 0. The number of carbonyl (C=O) groups is 1. The minimum absolute atomic E-state index is 0.150. The summed E-state index contributed by atoms with van der Waals surface area (Å²) in [6.45, 7) is 1.76. The van der Waals surface area contributed by atoms with Gasteiger partial charge in [-0.25, -0.2) is 9.48 Å². The zero-order chi connectivity index (χ0) is 23.7. The normalized spacial score (nSPS) is 11.0. The molecule has 0 saturated heterocycles. The highest BCUT2D eigenvalue weighted by molar-refractivity contribution is 7.20. The first kappa shape index (κ1) is 21.7. The Hall–Kier alpha value is -4.18. The van der Waals surface area contributed by atoms with Gasteiger partial charge >= 0.3 is 5.97 Å². The molecule has 0 atom stereocenters. The molecule has 3 aromatic heterocycles. The molecule has 0 saturated carbocycles. The molecular formula is C24H20N4O5S. The zero-order valence-corrected chi connectivity index (χ0v) is 19.5. The number of carbonyl (C=O) groups excluding carboxylic acids is 1. The molecule has 0 aliphatic heterocycles.